The summed E-state index contributed by atoms with van der Waals surface area (Å²) >= 11 is 0. The van der Waals surface area contributed by atoms with Crippen LogP contribution in [0.15, 0.2) is 18.2 Å². The van der Waals surface area contributed by atoms with Crippen LogP contribution in [0.3, 0.4) is 0 Å². The van der Waals surface area contributed by atoms with Crippen LogP contribution >= 0.6 is 0 Å². The molecule has 23 heavy (non-hydrogen) atoms. The van der Waals surface area contributed by atoms with Gasteiger partial charge < -0.3 is 19.8 Å². The van der Waals surface area contributed by atoms with E-state index in [2.05, 4.69) is 0 Å². The fraction of sp³-hybridized carbons (Fsp3) is 0.438. The molecule has 0 aliphatic carbocycles. The minimum absolute atomic E-state index is 0.110. The Morgan fingerprint density at radius 3 is 2.43 bits per heavy atom. The van der Waals surface area contributed by atoms with Crippen LogP contribution in [0, 0.1) is 12.8 Å². The predicted octanol–water partition coefficient (Wildman–Crippen LogP) is 1.39. The minimum Gasteiger partial charge on any atom is -0.496 e. The first kappa shape index (κ1) is 16.8. The number of carbonyl (C=O) groups excluding carboxylic acids is 1. The Balaban J connectivity index is 2.32. The maximum Gasteiger partial charge on any atom is 0.326 e. The van der Waals surface area contributed by atoms with Crippen molar-refractivity contribution in [2.75, 3.05) is 13.7 Å². The number of aliphatic carboxylic acids is 2. The van der Waals surface area contributed by atoms with E-state index >= 15 is 0 Å². The SMILES string of the molecule is COc1cc(C(=O)N2C[C@@H](C(=O)O)CC[C@@H]2C(=O)O)ccc1C. The molecular weight excluding hydrogens is 302 g/mol. The van der Waals surface area contributed by atoms with Crippen molar-refractivity contribution < 1.29 is 29.3 Å². The fourth-order valence-corrected chi connectivity index (χ4v) is 2.77. The second kappa shape index (κ2) is 6.68. The van der Waals surface area contributed by atoms with Crippen molar-refractivity contribution in [2.45, 2.75) is 25.8 Å². The van der Waals surface area contributed by atoms with Crippen LogP contribution in [-0.2, 0) is 9.59 Å². The van der Waals surface area contributed by atoms with E-state index < -0.39 is 29.8 Å². The molecule has 1 amide bonds. The number of piperidine rings is 1. The van der Waals surface area contributed by atoms with Crippen LogP contribution in [0.2, 0.25) is 0 Å². The summed E-state index contributed by atoms with van der Waals surface area (Å²) in [5, 5.41) is 18.5. The number of carboxylic acids is 2. The number of carboxylic acid groups (broad SMARTS) is 2. The lowest BCUT2D eigenvalue weighted by Gasteiger charge is -2.36. The highest BCUT2D eigenvalue weighted by Gasteiger charge is 2.38. The molecule has 2 atom stereocenters. The number of rotatable bonds is 4. The van der Waals surface area contributed by atoms with E-state index in [1.807, 2.05) is 6.92 Å². The van der Waals surface area contributed by atoms with Gasteiger partial charge >= 0.3 is 11.9 Å². The molecule has 7 heteroatoms. The topological polar surface area (TPSA) is 104 Å². The van der Waals surface area contributed by atoms with Crippen molar-refractivity contribution in [2.24, 2.45) is 5.92 Å². The van der Waals surface area contributed by atoms with E-state index in [0.29, 0.717) is 5.75 Å². The summed E-state index contributed by atoms with van der Waals surface area (Å²) in [6.45, 7) is 1.72. The Morgan fingerprint density at radius 1 is 1.17 bits per heavy atom. The van der Waals surface area contributed by atoms with Crippen molar-refractivity contribution in [3.63, 3.8) is 0 Å². The standard InChI is InChI=1S/C16H19NO6/c1-9-3-4-10(7-13(9)23-2)14(18)17-8-11(15(19)20)5-6-12(17)16(21)22/h3-4,7,11-12H,5-6,8H2,1-2H3,(H,19,20)(H,21,22)/t11-,12+/m0/s1. The van der Waals surface area contributed by atoms with Gasteiger partial charge in [0.15, 0.2) is 0 Å². The molecule has 1 aliphatic heterocycles. The maximum atomic E-state index is 12.7. The molecule has 1 heterocycles. The number of hydrogen-bond acceptors (Lipinski definition) is 4. The number of ether oxygens (including phenoxy) is 1. The van der Waals surface area contributed by atoms with Gasteiger partial charge in [0, 0.05) is 12.1 Å². The molecule has 0 bridgehead atoms. The molecule has 1 fully saturated rings. The van der Waals surface area contributed by atoms with E-state index in [4.69, 9.17) is 9.84 Å². The molecule has 124 valence electrons. The zero-order chi connectivity index (χ0) is 17.1. The van der Waals surface area contributed by atoms with Crippen LogP contribution in [0.25, 0.3) is 0 Å². The molecule has 2 rings (SSSR count). The van der Waals surface area contributed by atoms with Gasteiger partial charge in [0.2, 0.25) is 0 Å². The fourth-order valence-electron chi connectivity index (χ4n) is 2.77. The summed E-state index contributed by atoms with van der Waals surface area (Å²) < 4.78 is 5.18. The molecule has 1 aliphatic rings. The smallest absolute Gasteiger partial charge is 0.326 e. The number of benzene rings is 1. The number of carbonyl (C=O) groups is 3. The molecule has 0 radical (unpaired) electrons. The summed E-state index contributed by atoms with van der Waals surface area (Å²) in [6, 6.07) is 3.83. The van der Waals surface area contributed by atoms with Gasteiger partial charge in [-0.15, -0.1) is 0 Å². The third-order valence-electron chi connectivity index (χ3n) is 4.13. The number of nitrogens with zero attached hydrogens (tertiary/aromatic N) is 1. The van der Waals surface area contributed by atoms with Gasteiger partial charge in [-0.2, -0.15) is 0 Å². The van der Waals surface area contributed by atoms with Gasteiger partial charge in [0.05, 0.1) is 13.0 Å². The summed E-state index contributed by atoms with van der Waals surface area (Å²) in [5.74, 6) is -2.87. The second-order valence-corrected chi connectivity index (χ2v) is 5.61. The van der Waals surface area contributed by atoms with E-state index in [9.17, 15) is 19.5 Å². The molecule has 1 aromatic carbocycles. The quantitative estimate of drug-likeness (QED) is 0.868. The van der Waals surface area contributed by atoms with Gasteiger partial charge in [0.25, 0.3) is 5.91 Å². The molecule has 0 aromatic heterocycles. The normalized spacial score (nSPS) is 20.9. The molecule has 2 N–H and O–H groups in total. The average molecular weight is 321 g/mol. The van der Waals surface area contributed by atoms with Crippen LogP contribution in [0.1, 0.15) is 28.8 Å². The molecule has 0 spiro atoms. The summed E-state index contributed by atoms with van der Waals surface area (Å²) in [7, 11) is 1.48. The molecule has 1 saturated heterocycles. The van der Waals surface area contributed by atoms with Gasteiger partial charge in [-0.05, 0) is 37.5 Å². The Labute approximate surface area is 133 Å². The summed E-state index contributed by atoms with van der Waals surface area (Å²) in [5.41, 5.74) is 1.13. The van der Waals surface area contributed by atoms with Crippen molar-refractivity contribution >= 4 is 17.8 Å². The van der Waals surface area contributed by atoms with Gasteiger partial charge in [0.1, 0.15) is 11.8 Å². The van der Waals surface area contributed by atoms with E-state index in [1.165, 1.54) is 7.11 Å². The van der Waals surface area contributed by atoms with Crippen molar-refractivity contribution in [1.29, 1.82) is 0 Å². The largest absolute Gasteiger partial charge is 0.496 e. The second-order valence-electron chi connectivity index (χ2n) is 5.61. The highest BCUT2D eigenvalue weighted by atomic mass is 16.5. The highest BCUT2D eigenvalue weighted by molar-refractivity contribution is 5.97. The summed E-state index contributed by atoms with van der Waals surface area (Å²) in [4.78, 5) is 36.4. The third-order valence-corrected chi connectivity index (χ3v) is 4.13. The molecule has 7 nitrogen and oxygen atoms in total. The van der Waals surface area contributed by atoms with Crippen molar-refractivity contribution in [3.8, 4) is 5.75 Å². The van der Waals surface area contributed by atoms with Crippen LogP contribution in [0.4, 0.5) is 0 Å². The van der Waals surface area contributed by atoms with Gasteiger partial charge in [-0.1, -0.05) is 6.07 Å². The van der Waals surface area contributed by atoms with Gasteiger partial charge in [-0.25, -0.2) is 4.79 Å². The first-order valence-corrected chi connectivity index (χ1v) is 7.26. The van der Waals surface area contributed by atoms with E-state index in [-0.39, 0.29) is 24.9 Å². The van der Waals surface area contributed by atoms with Gasteiger partial charge in [-0.3, -0.25) is 9.59 Å². The minimum atomic E-state index is -1.12. The lowest BCUT2D eigenvalue weighted by molar-refractivity contribution is -0.150. The highest BCUT2D eigenvalue weighted by Crippen LogP contribution is 2.26. The molecule has 0 unspecified atom stereocenters. The van der Waals surface area contributed by atoms with Crippen molar-refractivity contribution in [3.05, 3.63) is 29.3 Å². The molecule has 1 aromatic rings. The average Bonchev–Trinajstić information content (AvgIpc) is 2.53. The summed E-state index contributed by atoms with van der Waals surface area (Å²) in [6.07, 6.45) is 0.369. The third kappa shape index (κ3) is 3.44. The molecular formula is C16H19NO6. The van der Waals surface area contributed by atoms with E-state index in [1.54, 1.807) is 18.2 Å². The Kier molecular flexibility index (Phi) is 4.88. The number of amides is 1. The zero-order valence-corrected chi connectivity index (χ0v) is 13.0. The molecule has 0 saturated carbocycles. The maximum absolute atomic E-state index is 12.7. The monoisotopic (exact) mass is 321 g/mol. The Morgan fingerprint density at radius 2 is 1.87 bits per heavy atom. The van der Waals surface area contributed by atoms with E-state index in [0.717, 1.165) is 10.5 Å². The zero-order valence-electron chi connectivity index (χ0n) is 13.0. The Bertz CT molecular complexity index is 641. The predicted molar refractivity (Wildman–Crippen MR) is 80.6 cm³/mol. The number of methoxy groups -OCH3 is 1. The lowest BCUT2D eigenvalue weighted by atomic mass is 9.92. The first-order valence-electron chi connectivity index (χ1n) is 7.26. The van der Waals surface area contributed by atoms with Crippen LogP contribution in [0.5, 0.6) is 5.75 Å². The van der Waals surface area contributed by atoms with Crippen LogP contribution < -0.4 is 4.74 Å². The van der Waals surface area contributed by atoms with Crippen LogP contribution in [-0.4, -0.2) is 52.7 Å². The number of aryl methyl sites for hydroxylation is 1. The lowest BCUT2D eigenvalue weighted by Crippen LogP contribution is -2.52. The first-order chi connectivity index (χ1) is 10.8. The number of likely N-dealkylation sites (tertiary alicyclic amines) is 1. The Hall–Kier alpha value is -2.57. The number of hydrogen-bond donors (Lipinski definition) is 2. The van der Waals surface area contributed by atoms with Crippen molar-refractivity contribution in [1.82, 2.24) is 4.90 Å².